The van der Waals surface area contributed by atoms with E-state index in [9.17, 15) is 18.8 Å². The highest BCUT2D eigenvalue weighted by molar-refractivity contribution is 5.98. The zero-order valence-electron chi connectivity index (χ0n) is 13.5. The van der Waals surface area contributed by atoms with E-state index in [1.807, 2.05) is 4.90 Å². The molecule has 2 aliphatic rings. The van der Waals surface area contributed by atoms with E-state index in [4.69, 9.17) is 0 Å². The Kier molecular flexibility index (Phi) is 4.51. The van der Waals surface area contributed by atoms with Crippen LogP contribution < -0.4 is 10.2 Å². The lowest BCUT2D eigenvalue weighted by Crippen LogP contribution is -2.48. The highest BCUT2D eigenvalue weighted by Gasteiger charge is 2.27. The fraction of sp³-hybridized carbons (Fsp3) is 0.471. The van der Waals surface area contributed by atoms with E-state index in [-0.39, 0.29) is 42.3 Å². The number of rotatable bonds is 2. The quantitative estimate of drug-likeness (QED) is 0.820. The molecule has 1 aromatic rings. The first-order valence-corrected chi connectivity index (χ1v) is 8.06. The first-order chi connectivity index (χ1) is 11.4. The van der Waals surface area contributed by atoms with Crippen LogP contribution in [0.5, 0.6) is 0 Å². The summed E-state index contributed by atoms with van der Waals surface area (Å²) in [5.74, 6) is -1.24. The van der Waals surface area contributed by atoms with Gasteiger partial charge in [0.1, 0.15) is 5.82 Å². The summed E-state index contributed by atoms with van der Waals surface area (Å²) in [6.07, 6.45) is 0.392. The van der Waals surface area contributed by atoms with Gasteiger partial charge < -0.3 is 9.80 Å². The molecule has 0 aromatic heterocycles. The van der Waals surface area contributed by atoms with Gasteiger partial charge in [-0.25, -0.2) is 4.39 Å². The Morgan fingerprint density at radius 1 is 1.12 bits per heavy atom. The van der Waals surface area contributed by atoms with Crippen molar-refractivity contribution < 1.29 is 18.8 Å². The average molecular weight is 333 g/mol. The van der Waals surface area contributed by atoms with Gasteiger partial charge >= 0.3 is 0 Å². The maximum Gasteiger partial charge on any atom is 0.227 e. The molecular weight excluding hydrogens is 313 g/mol. The fourth-order valence-corrected chi connectivity index (χ4v) is 3.31. The number of anilines is 1. The van der Waals surface area contributed by atoms with Crippen molar-refractivity contribution in [2.45, 2.75) is 25.7 Å². The normalized spacial score (nSPS) is 19.4. The van der Waals surface area contributed by atoms with Crippen molar-refractivity contribution in [2.24, 2.45) is 0 Å². The molecule has 1 aromatic carbocycles. The van der Waals surface area contributed by atoms with Gasteiger partial charge in [-0.2, -0.15) is 0 Å². The minimum Gasteiger partial charge on any atom is -0.366 e. The molecule has 24 heavy (non-hydrogen) atoms. The number of amides is 3. The molecule has 0 saturated carbocycles. The van der Waals surface area contributed by atoms with Crippen molar-refractivity contribution in [2.75, 3.05) is 31.1 Å². The zero-order valence-corrected chi connectivity index (χ0v) is 13.5. The van der Waals surface area contributed by atoms with E-state index in [1.165, 1.54) is 13.0 Å². The second kappa shape index (κ2) is 6.59. The van der Waals surface area contributed by atoms with Crippen molar-refractivity contribution in [1.82, 2.24) is 10.2 Å². The van der Waals surface area contributed by atoms with Crippen LogP contribution in [0.4, 0.5) is 10.1 Å². The van der Waals surface area contributed by atoms with Gasteiger partial charge in [0.2, 0.25) is 17.7 Å². The molecule has 1 N–H and O–H groups in total. The first-order valence-electron chi connectivity index (χ1n) is 8.06. The molecule has 2 heterocycles. The Hall–Kier alpha value is -2.44. The Morgan fingerprint density at radius 3 is 2.29 bits per heavy atom. The van der Waals surface area contributed by atoms with Gasteiger partial charge in [0.15, 0.2) is 0 Å². The molecular formula is C17H20FN3O3. The van der Waals surface area contributed by atoms with Gasteiger partial charge in [0.05, 0.1) is 5.69 Å². The Bertz CT molecular complexity index is 668. The number of piperidine rings is 1. The van der Waals surface area contributed by atoms with Gasteiger partial charge in [-0.1, -0.05) is 6.07 Å². The lowest BCUT2D eigenvalue weighted by molar-refractivity contribution is -0.133. The van der Waals surface area contributed by atoms with Crippen LogP contribution in [0.1, 0.15) is 31.2 Å². The summed E-state index contributed by atoms with van der Waals surface area (Å²) in [6, 6.07) is 4.90. The van der Waals surface area contributed by atoms with Crippen LogP contribution in [-0.2, 0) is 14.4 Å². The van der Waals surface area contributed by atoms with Gasteiger partial charge in [-0.3, -0.25) is 19.7 Å². The third-order valence-corrected chi connectivity index (χ3v) is 4.65. The standard InChI is InChI=1S/C17H20FN3O3/c1-11(22)20-4-6-21(7-5-20)15-3-2-12(8-14(15)18)13-9-16(23)19-17(24)10-13/h2-3,8,13H,4-7,9-10H2,1H3,(H,19,23,24). The monoisotopic (exact) mass is 333 g/mol. The number of hydrogen-bond donors (Lipinski definition) is 1. The van der Waals surface area contributed by atoms with Gasteiger partial charge in [-0.15, -0.1) is 0 Å². The smallest absolute Gasteiger partial charge is 0.227 e. The number of halogens is 1. The second-order valence-corrected chi connectivity index (χ2v) is 6.28. The number of piperazine rings is 1. The fourth-order valence-electron chi connectivity index (χ4n) is 3.31. The van der Waals surface area contributed by atoms with Crippen LogP contribution in [0.2, 0.25) is 0 Å². The summed E-state index contributed by atoms with van der Waals surface area (Å²) in [5, 5.41) is 2.26. The third-order valence-electron chi connectivity index (χ3n) is 4.65. The summed E-state index contributed by atoms with van der Waals surface area (Å²) in [6.45, 7) is 3.86. The number of carbonyl (C=O) groups excluding carboxylic acids is 3. The van der Waals surface area contributed by atoms with Crippen molar-refractivity contribution in [3.8, 4) is 0 Å². The molecule has 0 atom stereocenters. The molecule has 3 amide bonds. The number of benzene rings is 1. The topological polar surface area (TPSA) is 69.7 Å². The maximum absolute atomic E-state index is 14.5. The van der Waals surface area contributed by atoms with Gasteiger partial charge in [0, 0.05) is 51.9 Å². The molecule has 0 unspecified atom stereocenters. The molecule has 0 radical (unpaired) electrons. The molecule has 6 nitrogen and oxygen atoms in total. The molecule has 3 rings (SSSR count). The van der Waals surface area contributed by atoms with E-state index < -0.39 is 0 Å². The van der Waals surface area contributed by atoms with Crippen molar-refractivity contribution >= 4 is 23.4 Å². The Balaban J connectivity index is 1.72. The Labute approximate surface area is 139 Å². The molecule has 0 bridgehead atoms. The number of nitrogens with one attached hydrogen (secondary N) is 1. The van der Waals surface area contributed by atoms with E-state index in [0.29, 0.717) is 37.4 Å². The predicted molar refractivity (Wildman–Crippen MR) is 86.0 cm³/mol. The van der Waals surface area contributed by atoms with Crippen molar-refractivity contribution in [3.05, 3.63) is 29.6 Å². The SMILES string of the molecule is CC(=O)N1CCN(c2ccc(C3CC(=O)NC(=O)C3)cc2F)CC1. The van der Waals surface area contributed by atoms with E-state index in [1.54, 1.807) is 17.0 Å². The van der Waals surface area contributed by atoms with E-state index in [0.717, 1.165) is 0 Å². The number of nitrogens with zero attached hydrogens (tertiary/aromatic N) is 2. The number of carbonyl (C=O) groups is 3. The molecule has 2 saturated heterocycles. The third kappa shape index (κ3) is 3.39. The van der Waals surface area contributed by atoms with Crippen LogP contribution in [0.25, 0.3) is 0 Å². The molecule has 128 valence electrons. The van der Waals surface area contributed by atoms with Gasteiger partial charge in [-0.05, 0) is 17.7 Å². The highest BCUT2D eigenvalue weighted by atomic mass is 19.1. The molecule has 0 aliphatic carbocycles. The summed E-state index contributed by atoms with van der Waals surface area (Å²) in [5.41, 5.74) is 1.16. The van der Waals surface area contributed by atoms with Crippen LogP contribution >= 0.6 is 0 Å². The Morgan fingerprint density at radius 2 is 1.75 bits per heavy atom. The molecule has 2 fully saturated rings. The van der Waals surface area contributed by atoms with Gasteiger partial charge in [0.25, 0.3) is 0 Å². The number of imide groups is 1. The average Bonchev–Trinajstić information content (AvgIpc) is 2.54. The van der Waals surface area contributed by atoms with E-state index in [2.05, 4.69) is 5.32 Å². The van der Waals surface area contributed by atoms with Crippen LogP contribution in [0.15, 0.2) is 18.2 Å². The summed E-state index contributed by atoms with van der Waals surface area (Å²) < 4.78 is 14.5. The summed E-state index contributed by atoms with van der Waals surface area (Å²) >= 11 is 0. The lowest BCUT2D eigenvalue weighted by Gasteiger charge is -2.36. The zero-order chi connectivity index (χ0) is 17.3. The molecule has 2 aliphatic heterocycles. The van der Waals surface area contributed by atoms with Crippen LogP contribution in [-0.4, -0.2) is 48.8 Å². The molecule has 7 heteroatoms. The first kappa shape index (κ1) is 16.4. The summed E-state index contributed by atoms with van der Waals surface area (Å²) in [7, 11) is 0. The number of hydrogen-bond acceptors (Lipinski definition) is 4. The van der Waals surface area contributed by atoms with Crippen LogP contribution in [0, 0.1) is 5.82 Å². The molecule has 0 spiro atoms. The predicted octanol–water partition coefficient (Wildman–Crippen LogP) is 1.01. The van der Waals surface area contributed by atoms with Crippen molar-refractivity contribution in [1.29, 1.82) is 0 Å². The highest BCUT2D eigenvalue weighted by Crippen LogP contribution is 2.30. The van der Waals surface area contributed by atoms with Crippen LogP contribution in [0.3, 0.4) is 0 Å². The minimum absolute atomic E-state index is 0.0331. The van der Waals surface area contributed by atoms with Crippen molar-refractivity contribution in [3.63, 3.8) is 0 Å². The maximum atomic E-state index is 14.5. The summed E-state index contributed by atoms with van der Waals surface area (Å²) in [4.78, 5) is 38.0. The largest absolute Gasteiger partial charge is 0.366 e. The minimum atomic E-state index is -0.359. The van der Waals surface area contributed by atoms with E-state index >= 15 is 0 Å². The second-order valence-electron chi connectivity index (χ2n) is 6.28. The lowest BCUT2D eigenvalue weighted by atomic mass is 9.89.